The van der Waals surface area contributed by atoms with Crippen LogP contribution < -0.4 is 0 Å². The summed E-state index contributed by atoms with van der Waals surface area (Å²) in [4.78, 5) is 0. The van der Waals surface area contributed by atoms with Gasteiger partial charge in [-0.2, -0.15) is 70.2 Å². The van der Waals surface area contributed by atoms with E-state index in [-0.39, 0.29) is 17.0 Å². The first-order valence-electron chi connectivity index (χ1n) is 4.52. The molecule has 0 heterocycles. The Bertz CT molecular complexity index is 400. The molecule has 0 nitrogen and oxygen atoms in total. The number of alkyl halides is 16. The second-order valence-corrected chi connectivity index (χ2v) is 3.87. The fourth-order valence-corrected chi connectivity index (χ4v) is 0.948. The van der Waals surface area contributed by atoms with Crippen LogP contribution in [-0.2, 0) is 0 Å². The maximum absolute atomic E-state index is 12.6. The lowest BCUT2D eigenvalue weighted by molar-refractivity contribution is -0.461. The van der Waals surface area contributed by atoms with Crippen LogP contribution in [0, 0.1) is 0 Å². The fraction of sp³-hybridized carbons (Fsp3) is 1.00. The van der Waals surface area contributed by atoms with Crippen LogP contribution in [0.25, 0.3) is 0 Å². The molecule has 0 bridgehead atoms. The van der Waals surface area contributed by atoms with Crippen molar-refractivity contribution in [1.82, 2.24) is 0 Å². The molecule has 0 aromatic rings. The summed E-state index contributed by atoms with van der Waals surface area (Å²) < 4.78 is 193. The van der Waals surface area contributed by atoms with Crippen molar-refractivity contribution in [3.8, 4) is 0 Å². The molecule has 0 amide bonds. The second kappa shape index (κ2) is 5.96. The van der Waals surface area contributed by atoms with Gasteiger partial charge >= 0.3 is 42.0 Å². The molecule has 0 aliphatic rings. The van der Waals surface area contributed by atoms with E-state index in [0.717, 1.165) is 0 Å². The number of hydrogen-bond acceptors (Lipinski definition) is 0. The van der Waals surface area contributed by atoms with Crippen molar-refractivity contribution < 1.29 is 70.2 Å². The SMILES string of the molecule is Br.FC(F)(F)C(F)(F)C(F)(F)C(F)(F)C(F)(F)C(F)(F)C(F)(F)F. The van der Waals surface area contributed by atoms with Gasteiger partial charge in [-0.3, -0.25) is 0 Å². The normalized spacial score (nSPS) is 16.0. The smallest absolute Gasteiger partial charge is 0.192 e. The van der Waals surface area contributed by atoms with E-state index in [1.165, 1.54) is 0 Å². The Morgan fingerprint density at radius 3 is 0.500 bits per heavy atom. The lowest BCUT2D eigenvalue weighted by Gasteiger charge is -2.39. The van der Waals surface area contributed by atoms with Crippen LogP contribution in [0.4, 0.5) is 70.2 Å². The summed E-state index contributed by atoms with van der Waals surface area (Å²) >= 11 is 0. The van der Waals surface area contributed by atoms with Gasteiger partial charge in [0.1, 0.15) is 0 Å². The van der Waals surface area contributed by atoms with Crippen molar-refractivity contribution in [3.05, 3.63) is 0 Å². The van der Waals surface area contributed by atoms with Gasteiger partial charge in [0.25, 0.3) is 0 Å². The van der Waals surface area contributed by atoms with Gasteiger partial charge in [-0.1, -0.05) is 0 Å². The summed E-state index contributed by atoms with van der Waals surface area (Å²) in [6, 6.07) is 0. The second-order valence-electron chi connectivity index (χ2n) is 3.87. The first kappa shape index (κ1) is 25.6. The van der Waals surface area contributed by atoms with Crippen LogP contribution >= 0.6 is 17.0 Å². The molecule has 0 spiro atoms. The fourth-order valence-electron chi connectivity index (χ4n) is 0.948. The zero-order valence-corrected chi connectivity index (χ0v) is 11.7. The largest absolute Gasteiger partial charge is 0.460 e. The van der Waals surface area contributed by atoms with Crippen LogP contribution in [0.2, 0.25) is 0 Å². The third kappa shape index (κ3) is 3.11. The number of halogens is 17. The Morgan fingerprint density at radius 1 is 0.250 bits per heavy atom. The minimum absolute atomic E-state index is 0. The molecular formula is C7HBrF16. The van der Waals surface area contributed by atoms with Crippen molar-refractivity contribution >= 4 is 17.0 Å². The maximum atomic E-state index is 12.6. The molecule has 0 unspecified atom stereocenters. The molecule has 0 saturated carbocycles. The first-order valence-corrected chi connectivity index (χ1v) is 4.52. The van der Waals surface area contributed by atoms with Crippen LogP contribution in [-0.4, -0.2) is 42.0 Å². The zero-order chi connectivity index (χ0) is 19.5. The van der Waals surface area contributed by atoms with Crippen molar-refractivity contribution in [2.24, 2.45) is 0 Å². The Morgan fingerprint density at radius 2 is 0.375 bits per heavy atom. The van der Waals surface area contributed by atoms with Crippen molar-refractivity contribution in [2.45, 2.75) is 42.0 Å². The maximum Gasteiger partial charge on any atom is 0.460 e. The van der Waals surface area contributed by atoms with Gasteiger partial charge in [-0.15, -0.1) is 17.0 Å². The molecule has 0 aromatic heterocycles. The van der Waals surface area contributed by atoms with Crippen molar-refractivity contribution in [2.75, 3.05) is 0 Å². The highest BCUT2D eigenvalue weighted by Gasteiger charge is 2.93. The monoisotopic (exact) mass is 468 g/mol. The highest BCUT2D eigenvalue weighted by molar-refractivity contribution is 8.93. The predicted molar refractivity (Wildman–Crippen MR) is 47.2 cm³/mol. The quantitative estimate of drug-likeness (QED) is 0.453. The average molecular weight is 469 g/mol. The molecule has 0 aliphatic heterocycles. The first-order chi connectivity index (χ1) is 9.50. The number of hydrogen-bond donors (Lipinski definition) is 0. The molecule has 17 heteroatoms. The molecule has 0 saturated heterocycles. The van der Waals surface area contributed by atoms with Crippen LogP contribution in [0.15, 0.2) is 0 Å². The minimum Gasteiger partial charge on any atom is -0.192 e. The molecular weight excluding hydrogens is 468 g/mol. The molecule has 0 fully saturated rings. The summed E-state index contributed by atoms with van der Waals surface area (Å²) in [5.41, 5.74) is 0. The van der Waals surface area contributed by atoms with Gasteiger partial charge in [0.2, 0.25) is 0 Å². The van der Waals surface area contributed by atoms with E-state index in [1.54, 1.807) is 0 Å². The summed E-state index contributed by atoms with van der Waals surface area (Å²) in [6.45, 7) is 0. The molecule has 0 aromatic carbocycles. The summed E-state index contributed by atoms with van der Waals surface area (Å²) in [6.07, 6.45) is -15.3. The van der Waals surface area contributed by atoms with Gasteiger partial charge < -0.3 is 0 Å². The molecule has 0 atom stereocenters. The van der Waals surface area contributed by atoms with E-state index in [9.17, 15) is 70.2 Å². The van der Waals surface area contributed by atoms with Gasteiger partial charge in [0, 0.05) is 0 Å². The summed E-state index contributed by atoms with van der Waals surface area (Å²) in [5, 5.41) is 0. The Balaban J connectivity index is 0. The average Bonchev–Trinajstić information content (AvgIpc) is 2.24. The number of rotatable bonds is 4. The molecule has 148 valence electrons. The Kier molecular flexibility index (Phi) is 6.36. The van der Waals surface area contributed by atoms with Crippen LogP contribution in [0.5, 0.6) is 0 Å². The predicted octanol–water partition coefficient (Wildman–Crippen LogP) is 5.87. The summed E-state index contributed by atoms with van der Waals surface area (Å²) in [5.74, 6) is -41.2. The van der Waals surface area contributed by atoms with Crippen LogP contribution in [0.3, 0.4) is 0 Å². The highest BCUT2D eigenvalue weighted by Crippen LogP contribution is 2.62. The third-order valence-corrected chi connectivity index (χ3v) is 2.29. The van der Waals surface area contributed by atoms with E-state index in [2.05, 4.69) is 0 Å². The zero-order valence-electron chi connectivity index (χ0n) is 9.96. The van der Waals surface area contributed by atoms with E-state index in [0.29, 0.717) is 0 Å². The van der Waals surface area contributed by atoms with Gasteiger partial charge in [0.15, 0.2) is 0 Å². The molecule has 0 N–H and O–H groups in total. The Hall–Kier alpha value is -0.640. The topological polar surface area (TPSA) is 0 Å². The van der Waals surface area contributed by atoms with Crippen molar-refractivity contribution in [3.63, 3.8) is 0 Å². The lowest BCUT2D eigenvalue weighted by Crippen LogP contribution is -2.72. The molecule has 0 radical (unpaired) electrons. The van der Waals surface area contributed by atoms with E-state index in [1.807, 2.05) is 0 Å². The van der Waals surface area contributed by atoms with E-state index >= 15 is 0 Å². The minimum atomic E-state index is -8.43. The van der Waals surface area contributed by atoms with Crippen molar-refractivity contribution in [1.29, 1.82) is 0 Å². The third-order valence-electron chi connectivity index (χ3n) is 2.29. The van der Waals surface area contributed by atoms with Crippen LogP contribution in [0.1, 0.15) is 0 Å². The van der Waals surface area contributed by atoms with Gasteiger partial charge in [0.05, 0.1) is 0 Å². The van der Waals surface area contributed by atoms with E-state index < -0.39 is 42.0 Å². The summed E-state index contributed by atoms with van der Waals surface area (Å²) in [7, 11) is 0. The standard InChI is InChI=1S/C7F16.BrH/c8-1(9,2(10,11)4(14,15)6(18,19)20)3(12,13)5(16,17)7(21,22)23;/h;1H. The molecule has 24 heavy (non-hydrogen) atoms. The molecule has 0 rings (SSSR count). The lowest BCUT2D eigenvalue weighted by atomic mass is 9.94. The van der Waals surface area contributed by atoms with Gasteiger partial charge in [-0.05, 0) is 0 Å². The van der Waals surface area contributed by atoms with E-state index in [4.69, 9.17) is 0 Å². The van der Waals surface area contributed by atoms with Gasteiger partial charge in [-0.25, -0.2) is 0 Å². The molecule has 0 aliphatic carbocycles. The Labute approximate surface area is 130 Å². The highest BCUT2D eigenvalue weighted by atomic mass is 79.9.